The first-order chi connectivity index (χ1) is 16.4. The molecule has 1 unspecified atom stereocenters. The highest BCUT2D eigenvalue weighted by Gasteiger charge is 2.23. The number of fused-ring (bicyclic) bond motifs is 1. The van der Waals surface area contributed by atoms with Crippen molar-refractivity contribution < 1.29 is 14.3 Å². The van der Waals surface area contributed by atoms with E-state index in [4.69, 9.17) is 16.2 Å². The zero-order valence-corrected chi connectivity index (χ0v) is 19.4. The van der Waals surface area contributed by atoms with Crippen LogP contribution in [0.4, 0.5) is 16.4 Å². The summed E-state index contributed by atoms with van der Waals surface area (Å²) in [6.07, 6.45) is 2.83. The van der Waals surface area contributed by atoms with Crippen molar-refractivity contribution in [3.63, 3.8) is 0 Å². The minimum Gasteiger partial charge on any atom is -0.440 e. The Bertz CT molecular complexity index is 1370. The van der Waals surface area contributed by atoms with Gasteiger partial charge in [-0.25, -0.2) is 19.7 Å². The third-order valence-corrected chi connectivity index (χ3v) is 5.87. The second-order valence-electron chi connectivity index (χ2n) is 7.19. The van der Waals surface area contributed by atoms with Gasteiger partial charge in [-0.2, -0.15) is 0 Å². The molecule has 1 aromatic carbocycles. The van der Waals surface area contributed by atoms with Gasteiger partial charge in [-0.1, -0.05) is 24.8 Å². The highest BCUT2D eigenvalue weighted by Crippen LogP contribution is 2.40. The van der Waals surface area contributed by atoms with Crippen molar-refractivity contribution in [3.8, 4) is 11.1 Å². The van der Waals surface area contributed by atoms with Crippen LogP contribution in [0.25, 0.3) is 22.2 Å². The normalized spacial score (nSPS) is 11.7. The summed E-state index contributed by atoms with van der Waals surface area (Å²) in [7, 11) is 0. The number of pyridine rings is 1. The maximum atomic E-state index is 12.6. The van der Waals surface area contributed by atoms with Gasteiger partial charge in [0.15, 0.2) is 0 Å². The van der Waals surface area contributed by atoms with Crippen molar-refractivity contribution in [3.05, 3.63) is 77.8 Å². The molecule has 5 N–H and O–H groups in total. The van der Waals surface area contributed by atoms with Gasteiger partial charge in [0.1, 0.15) is 29.7 Å². The summed E-state index contributed by atoms with van der Waals surface area (Å²) in [5.41, 5.74) is 13.9. The third-order valence-electron chi connectivity index (χ3n) is 5.04. The number of nitrogen functional groups attached to an aromatic ring is 1. The summed E-state index contributed by atoms with van der Waals surface area (Å²) in [6, 6.07) is 12.3. The number of rotatable bonds is 7. The number of benzene rings is 1. The van der Waals surface area contributed by atoms with Crippen LogP contribution in [0.3, 0.4) is 0 Å². The van der Waals surface area contributed by atoms with Crippen LogP contribution >= 0.6 is 15.9 Å². The standard InChI is InChI=1S/C23H20BrN7O3/c1-2-15(34-23(26)33)11-31-19(24)17(18-20(25)28-12-29-21(18)31)13-6-8-14(9-7-13)22(32)30-16-5-3-4-10-27-16/h2-10,12,15H,1,11H2,(H2,26,33)(H2,25,28,29)(H,27,30,32). The van der Waals surface area contributed by atoms with E-state index < -0.39 is 12.2 Å². The predicted molar refractivity (Wildman–Crippen MR) is 132 cm³/mol. The van der Waals surface area contributed by atoms with E-state index in [1.807, 2.05) is 0 Å². The van der Waals surface area contributed by atoms with Crippen LogP contribution in [-0.4, -0.2) is 37.6 Å². The maximum Gasteiger partial charge on any atom is 0.405 e. The molecule has 3 heterocycles. The van der Waals surface area contributed by atoms with E-state index in [1.165, 1.54) is 12.4 Å². The number of nitrogens with two attached hydrogens (primary N) is 2. The molecule has 0 spiro atoms. The van der Waals surface area contributed by atoms with E-state index in [9.17, 15) is 9.59 Å². The first-order valence-corrected chi connectivity index (χ1v) is 10.9. The first-order valence-electron chi connectivity index (χ1n) is 10.1. The van der Waals surface area contributed by atoms with Crippen LogP contribution in [0.2, 0.25) is 0 Å². The summed E-state index contributed by atoms with van der Waals surface area (Å²) in [5, 5.41) is 3.36. The molecule has 0 saturated heterocycles. The number of primary amides is 1. The van der Waals surface area contributed by atoms with Gasteiger partial charge in [-0.15, -0.1) is 0 Å². The number of anilines is 2. The second kappa shape index (κ2) is 9.71. The number of nitrogens with zero attached hydrogens (tertiary/aromatic N) is 4. The van der Waals surface area contributed by atoms with Crippen molar-refractivity contribution in [2.24, 2.45) is 5.73 Å². The molecular weight excluding hydrogens is 502 g/mol. The fourth-order valence-electron chi connectivity index (χ4n) is 3.50. The molecule has 0 radical (unpaired) electrons. The lowest BCUT2D eigenvalue weighted by molar-refractivity contribution is 0.102. The van der Waals surface area contributed by atoms with Crippen LogP contribution in [0.15, 0.2) is 72.2 Å². The van der Waals surface area contributed by atoms with Gasteiger partial charge in [0.2, 0.25) is 0 Å². The molecule has 1 atom stereocenters. The van der Waals surface area contributed by atoms with Gasteiger partial charge in [-0.05, 0) is 51.8 Å². The van der Waals surface area contributed by atoms with Crippen molar-refractivity contribution in [1.82, 2.24) is 19.5 Å². The lowest BCUT2D eigenvalue weighted by atomic mass is 10.0. The molecule has 11 heteroatoms. The maximum absolute atomic E-state index is 12.6. The lowest BCUT2D eigenvalue weighted by Crippen LogP contribution is -2.25. The molecule has 0 saturated carbocycles. The van der Waals surface area contributed by atoms with Crippen LogP contribution < -0.4 is 16.8 Å². The Morgan fingerprint density at radius 1 is 1.18 bits per heavy atom. The predicted octanol–water partition coefficient (Wildman–Crippen LogP) is 3.74. The number of halogens is 1. The zero-order chi connectivity index (χ0) is 24.2. The largest absolute Gasteiger partial charge is 0.440 e. The van der Waals surface area contributed by atoms with E-state index in [0.717, 1.165) is 11.1 Å². The van der Waals surface area contributed by atoms with E-state index >= 15 is 0 Å². The molecule has 3 aromatic heterocycles. The Labute approximate surface area is 202 Å². The molecule has 0 bridgehead atoms. The Morgan fingerprint density at radius 2 is 1.94 bits per heavy atom. The van der Waals surface area contributed by atoms with Gasteiger partial charge in [-0.3, -0.25) is 4.79 Å². The van der Waals surface area contributed by atoms with Gasteiger partial charge >= 0.3 is 6.09 Å². The Balaban J connectivity index is 1.71. The highest BCUT2D eigenvalue weighted by molar-refractivity contribution is 9.10. The van der Waals surface area contributed by atoms with Crippen molar-refractivity contribution >= 4 is 50.6 Å². The van der Waals surface area contributed by atoms with Gasteiger partial charge in [0.05, 0.1) is 16.5 Å². The number of carbonyl (C=O) groups excluding carboxylic acids is 2. The van der Waals surface area contributed by atoms with Crippen LogP contribution in [0.5, 0.6) is 0 Å². The Hall–Kier alpha value is -4.25. The number of nitrogens with one attached hydrogen (secondary N) is 1. The van der Waals surface area contributed by atoms with E-state index in [0.29, 0.717) is 27.0 Å². The molecule has 10 nitrogen and oxygen atoms in total. The van der Waals surface area contributed by atoms with Crippen molar-refractivity contribution in [1.29, 1.82) is 0 Å². The lowest BCUT2D eigenvalue weighted by Gasteiger charge is -2.15. The number of hydrogen-bond acceptors (Lipinski definition) is 7. The van der Waals surface area contributed by atoms with Crippen LogP contribution in [0.1, 0.15) is 10.4 Å². The first kappa shape index (κ1) is 22.9. The summed E-state index contributed by atoms with van der Waals surface area (Å²) in [4.78, 5) is 36.4. The number of hydrogen-bond donors (Lipinski definition) is 3. The second-order valence-corrected chi connectivity index (χ2v) is 7.94. The quantitative estimate of drug-likeness (QED) is 0.313. The molecule has 4 aromatic rings. The summed E-state index contributed by atoms with van der Waals surface area (Å²) >= 11 is 3.63. The number of aromatic nitrogens is 4. The molecule has 0 fully saturated rings. The summed E-state index contributed by atoms with van der Waals surface area (Å²) in [5.74, 6) is 0.455. The molecule has 0 aliphatic carbocycles. The smallest absolute Gasteiger partial charge is 0.405 e. The fourth-order valence-corrected chi connectivity index (χ4v) is 4.24. The van der Waals surface area contributed by atoms with E-state index in [1.54, 1.807) is 53.2 Å². The van der Waals surface area contributed by atoms with Gasteiger partial charge in [0.25, 0.3) is 5.91 Å². The molecule has 34 heavy (non-hydrogen) atoms. The number of ether oxygens (including phenoxy) is 1. The average Bonchev–Trinajstić information content (AvgIpc) is 3.11. The summed E-state index contributed by atoms with van der Waals surface area (Å²) < 4.78 is 7.53. The SMILES string of the molecule is C=CC(Cn1c(Br)c(-c2ccc(C(=O)Nc3ccccn3)cc2)c2c(N)ncnc21)OC(N)=O. The van der Waals surface area contributed by atoms with Gasteiger partial charge in [0, 0.05) is 17.3 Å². The Morgan fingerprint density at radius 3 is 2.59 bits per heavy atom. The molecule has 4 rings (SSSR count). The Kier molecular flexibility index (Phi) is 6.55. The van der Waals surface area contributed by atoms with Crippen molar-refractivity contribution in [2.75, 3.05) is 11.1 Å². The zero-order valence-electron chi connectivity index (χ0n) is 17.8. The molecular formula is C23H20BrN7O3. The average molecular weight is 522 g/mol. The minimum atomic E-state index is -0.911. The van der Waals surface area contributed by atoms with Crippen molar-refractivity contribution in [2.45, 2.75) is 12.6 Å². The molecule has 0 aliphatic heterocycles. The molecule has 2 amide bonds. The molecule has 172 valence electrons. The minimum absolute atomic E-state index is 0.199. The third kappa shape index (κ3) is 4.59. The van der Waals surface area contributed by atoms with E-state index in [-0.39, 0.29) is 18.3 Å². The molecule has 0 aliphatic rings. The van der Waals surface area contributed by atoms with Crippen LogP contribution in [-0.2, 0) is 11.3 Å². The number of carbonyl (C=O) groups is 2. The monoisotopic (exact) mass is 521 g/mol. The number of amides is 2. The van der Waals surface area contributed by atoms with Gasteiger partial charge < -0.3 is 26.1 Å². The highest BCUT2D eigenvalue weighted by atomic mass is 79.9. The van der Waals surface area contributed by atoms with Crippen LogP contribution in [0, 0.1) is 0 Å². The fraction of sp³-hybridized carbons (Fsp3) is 0.0870. The van der Waals surface area contributed by atoms with E-state index in [2.05, 4.69) is 42.8 Å². The summed E-state index contributed by atoms with van der Waals surface area (Å²) in [6.45, 7) is 3.90. The topological polar surface area (TPSA) is 151 Å².